The number of ether oxygens (including phenoxy) is 1. The molecule has 0 saturated carbocycles. The molecular formula is C20H24N2O2. The van der Waals surface area contributed by atoms with Gasteiger partial charge in [-0.3, -0.25) is 4.79 Å². The van der Waals surface area contributed by atoms with Crippen LogP contribution in [-0.2, 0) is 4.79 Å². The van der Waals surface area contributed by atoms with E-state index in [0.29, 0.717) is 13.0 Å². The normalized spacial score (nSPS) is 16.0. The van der Waals surface area contributed by atoms with E-state index in [1.807, 2.05) is 36.4 Å². The van der Waals surface area contributed by atoms with Crippen LogP contribution in [-0.4, -0.2) is 25.6 Å². The van der Waals surface area contributed by atoms with Crippen molar-refractivity contribution < 1.29 is 9.53 Å². The predicted octanol–water partition coefficient (Wildman–Crippen LogP) is 4.04. The molecule has 2 aromatic rings. The number of carbonyl (C=O) groups is 1. The first-order valence-electron chi connectivity index (χ1n) is 8.60. The van der Waals surface area contributed by atoms with E-state index in [4.69, 9.17) is 4.74 Å². The van der Waals surface area contributed by atoms with Crippen molar-refractivity contribution in [3.63, 3.8) is 0 Å². The van der Waals surface area contributed by atoms with Gasteiger partial charge in [0.2, 0.25) is 5.91 Å². The fraction of sp³-hybridized carbons (Fsp3) is 0.350. The van der Waals surface area contributed by atoms with Crippen LogP contribution in [0.2, 0.25) is 0 Å². The Hall–Kier alpha value is -2.49. The average molecular weight is 324 g/mol. The summed E-state index contributed by atoms with van der Waals surface area (Å²) in [4.78, 5) is 15.0. The molecule has 4 nitrogen and oxygen atoms in total. The molecule has 0 aromatic heterocycles. The maximum absolute atomic E-state index is 12.7. The number of hydrogen-bond acceptors (Lipinski definition) is 3. The van der Waals surface area contributed by atoms with Crippen molar-refractivity contribution in [3.05, 3.63) is 54.1 Å². The number of benzene rings is 2. The first-order chi connectivity index (χ1) is 11.7. The van der Waals surface area contributed by atoms with Crippen molar-refractivity contribution >= 4 is 17.3 Å². The maximum atomic E-state index is 12.7. The van der Waals surface area contributed by atoms with E-state index in [1.165, 1.54) is 5.69 Å². The van der Waals surface area contributed by atoms with Crippen molar-refractivity contribution in [2.45, 2.75) is 26.2 Å². The molecule has 1 atom stereocenters. The monoisotopic (exact) mass is 324 g/mol. The third-order valence-corrected chi connectivity index (χ3v) is 4.54. The molecule has 0 aliphatic carbocycles. The van der Waals surface area contributed by atoms with Crippen molar-refractivity contribution in [3.8, 4) is 5.75 Å². The molecule has 4 heteroatoms. The van der Waals surface area contributed by atoms with Crippen molar-refractivity contribution in [2.75, 3.05) is 29.9 Å². The smallest absolute Gasteiger partial charge is 0.232 e. The fourth-order valence-corrected chi connectivity index (χ4v) is 3.19. The minimum absolute atomic E-state index is 0.0290. The molecule has 126 valence electrons. The third-order valence-electron chi connectivity index (χ3n) is 4.54. The zero-order chi connectivity index (χ0) is 16.9. The standard InChI is InChI=1S/C20H24N2O2/c1-3-22(4-2)16-11-9-15(10-12-16)21-20(23)18-13-14-24-19-8-6-5-7-17(18)19/h5-12,18H,3-4,13-14H2,1-2H3,(H,21,23). The second-order valence-electron chi connectivity index (χ2n) is 5.94. The Morgan fingerprint density at radius 1 is 1.12 bits per heavy atom. The van der Waals surface area contributed by atoms with Gasteiger partial charge in [0.25, 0.3) is 0 Å². The summed E-state index contributed by atoms with van der Waals surface area (Å²) in [7, 11) is 0. The molecule has 1 heterocycles. The topological polar surface area (TPSA) is 41.6 Å². The molecule has 0 fully saturated rings. The summed E-state index contributed by atoms with van der Waals surface area (Å²) in [6.45, 7) is 6.81. The lowest BCUT2D eigenvalue weighted by molar-refractivity contribution is -0.118. The van der Waals surface area contributed by atoms with Crippen LogP contribution in [0.5, 0.6) is 5.75 Å². The highest BCUT2D eigenvalue weighted by Gasteiger charge is 2.27. The van der Waals surface area contributed by atoms with E-state index in [9.17, 15) is 4.79 Å². The highest BCUT2D eigenvalue weighted by atomic mass is 16.5. The van der Waals surface area contributed by atoms with Gasteiger partial charge in [0.1, 0.15) is 5.75 Å². The molecule has 1 aliphatic rings. The maximum Gasteiger partial charge on any atom is 0.232 e. The molecule has 3 rings (SSSR count). The lowest BCUT2D eigenvalue weighted by Gasteiger charge is -2.25. The Balaban J connectivity index is 1.72. The summed E-state index contributed by atoms with van der Waals surface area (Å²) in [5.41, 5.74) is 2.98. The zero-order valence-corrected chi connectivity index (χ0v) is 14.3. The number of nitrogens with one attached hydrogen (secondary N) is 1. The van der Waals surface area contributed by atoms with E-state index >= 15 is 0 Å². The summed E-state index contributed by atoms with van der Waals surface area (Å²) >= 11 is 0. The van der Waals surface area contributed by atoms with Crippen LogP contribution in [0, 0.1) is 0 Å². The van der Waals surface area contributed by atoms with Gasteiger partial charge in [0, 0.05) is 30.0 Å². The molecule has 1 unspecified atom stereocenters. The number of carbonyl (C=O) groups excluding carboxylic acids is 1. The van der Waals surface area contributed by atoms with Gasteiger partial charge in [-0.25, -0.2) is 0 Å². The minimum Gasteiger partial charge on any atom is -0.493 e. The van der Waals surface area contributed by atoms with Gasteiger partial charge < -0.3 is 15.0 Å². The van der Waals surface area contributed by atoms with Gasteiger partial charge in [-0.15, -0.1) is 0 Å². The van der Waals surface area contributed by atoms with Gasteiger partial charge in [0.15, 0.2) is 0 Å². The van der Waals surface area contributed by atoms with E-state index in [2.05, 4.69) is 36.2 Å². The van der Waals surface area contributed by atoms with E-state index in [-0.39, 0.29) is 11.8 Å². The Morgan fingerprint density at radius 2 is 1.83 bits per heavy atom. The molecule has 0 radical (unpaired) electrons. The third kappa shape index (κ3) is 3.37. The second kappa shape index (κ2) is 7.39. The number of hydrogen-bond donors (Lipinski definition) is 1. The zero-order valence-electron chi connectivity index (χ0n) is 14.3. The van der Waals surface area contributed by atoms with Crippen LogP contribution in [0.25, 0.3) is 0 Å². The summed E-state index contributed by atoms with van der Waals surface area (Å²) in [5, 5.41) is 3.04. The second-order valence-corrected chi connectivity index (χ2v) is 5.94. The van der Waals surface area contributed by atoms with Gasteiger partial charge in [0.05, 0.1) is 12.5 Å². The Morgan fingerprint density at radius 3 is 2.54 bits per heavy atom. The Bertz CT molecular complexity index is 693. The van der Waals surface area contributed by atoms with Crippen LogP contribution in [0.15, 0.2) is 48.5 Å². The molecule has 1 aliphatic heterocycles. The number of fused-ring (bicyclic) bond motifs is 1. The number of rotatable bonds is 5. The largest absolute Gasteiger partial charge is 0.493 e. The fourth-order valence-electron chi connectivity index (χ4n) is 3.19. The number of nitrogens with zero attached hydrogens (tertiary/aromatic N) is 1. The van der Waals surface area contributed by atoms with E-state index < -0.39 is 0 Å². The Kier molecular flexibility index (Phi) is 5.04. The average Bonchev–Trinajstić information content (AvgIpc) is 2.63. The molecule has 0 bridgehead atoms. The summed E-state index contributed by atoms with van der Waals surface area (Å²) in [6.07, 6.45) is 0.709. The van der Waals surface area contributed by atoms with Crippen LogP contribution in [0.4, 0.5) is 11.4 Å². The molecular weight excluding hydrogens is 300 g/mol. The molecule has 24 heavy (non-hydrogen) atoms. The van der Waals surface area contributed by atoms with Crippen molar-refractivity contribution in [1.82, 2.24) is 0 Å². The summed E-state index contributed by atoms with van der Waals surface area (Å²) < 4.78 is 5.64. The lowest BCUT2D eigenvalue weighted by Crippen LogP contribution is -2.26. The quantitative estimate of drug-likeness (QED) is 0.902. The summed E-state index contributed by atoms with van der Waals surface area (Å²) in [6, 6.07) is 15.8. The van der Waals surface area contributed by atoms with Gasteiger partial charge in [-0.05, 0) is 50.6 Å². The van der Waals surface area contributed by atoms with E-state index in [0.717, 1.165) is 30.1 Å². The number of para-hydroxylation sites is 1. The highest BCUT2D eigenvalue weighted by Crippen LogP contribution is 2.34. The molecule has 0 saturated heterocycles. The number of amides is 1. The first-order valence-corrected chi connectivity index (χ1v) is 8.60. The van der Waals surface area contributed by atoms with Crippen LogP contribution in [0.1, 0.15) is 31.7 Å². The SMILES string of the molecule is CCN(CC)c1ccc(NC(=O)C2CCOc3ccccc32)cc1. The lowest BCUT2D eigenvalue weighted by atomic mass is 9.92. The van der Waals surface area contributed by atoms with Crippen LogP contribution >= 0.6 is 0 Å². The van der Waals surface area contributed by atoms with Gasteiger partial charge in [-0.1, -0.05) is 18.2 Å². The number of anilines is 2. The summed E-state index contributed by atoms with van der Waals surface area (Å²) in [5.74, 6) is 0.694. The molecule has 0 spiro atoms. The van der Waals surface area contributed by atoms with E-state index in [1.54, 1.807) is 0 Å². The Labute approximate surface area is 143 Å². The first kappa shape index (κ1) is 16.4. The van der Waals surface area contributed by atoms with Crippen molar-refractivity contribution in [1.29, 1.82) is 0 Å². The van der Waals surface area contributed by atoms with Crippen LogP contribution < -0.4 is 15.0 Å². The van der Waals surface area contributed by atoms with Gasteiger partial charge in [-0.2, -0.15) is 0 Å². The minimum atomic E-state index is -0.155. The van der Waals surface area contributed by atoms with Crippen molar-refractivity contribution in [2.24, 2.45) is 0 Å². The predicted molar refractivity (Wildman–Crippen MR) is 97.9 cm³/mol. The highest BCUT2D eigenvalue weighted by molar-refractivity contribution is 5.96. The molecule has 2 aromatic carbocycles. The van der Waals surface area contributed by atoms with Crippen LogP contribution in [0.3, 0.4) is 0 Å². The molecule has 1 N–H and O–H groups in total. The van der Waals surface area contributed by atoms with Gasteiger partial charge >= 0.3 is 0 Å². The molecule has 1 amide bonds.